The number of methoxy groups -OCH3 is 1. The molecule has 0 bridgehead atoms. The molecule has 0 aromatic carbocycles. The number of nitrogens with zero attached hydrogens (tertiary/aromatic N) is 1. The van der Waals surface area contributed by atoms with Crippen LogP contribution in [0.25, 0.3) is 0 Å². The fourth-order valence-electron chi connectivity index (χ4n) is 1.75. The number of aryl methyl sites for hydroxylation is 1. The number of hydrogen-bond acceptors (Lipinski definition) is 4. The van der Waals surface area contributed by atoms with E-state index in [0.29, 0.717) is 11.9 Å². The molecule has 2 aromatic heterocycles. The molecule has 4 heteroatoms. The van der Waals surface area contributed by atoms with E-state index in [-0.39, 0.29) is 0 Å². The van der Waals surface area contributed by atoms with Crippen LogP contribution in [0.1, 0.15) is 19.1 Å². The van der Waals surface area contributed by atoms with Gasteiger partial charge in [0.25, 0.3) is 0 Å². The van der Waals surface area contributed by atoms with Gasteiger partial charge < -0.3 is 14.5 Å². The van der Waals surface area contributed by atoms with Gasteiger partial charge in [-0.15, -0.1) is 0 Å². The molecular weight excluding hydrogens is 228 g/mol. The molecule has 0 saturated carbocycles. The highest BCUT2D eigenvalue weighted by Crippen LogP contribution is 2.13. The zero-order valence-electron chi connectivity index (χ0n) is 10.7. The first-order chi connectivity index (χ1) is 8.78. The summed E-state index contributed by atoms with van der Waals surface area (Å²) in [5.41, 5.74) is 0. The Morgan fingerprint density at radius 3 is 2.94 bits per heavy atom. The Bertz CT molecular complexity index is 468. The van der Waals surface area contributed by atoms with Gasteiger partial charge in [0.15, 0.2) is 0 Å². The number of ether oxygens (including phenoxy) is 1. The van der Waals surface area contributed by atoms with Crippen LogP contribution < -0.4 is 10.1 Å². The van der Waals surface area contributed by atoms with Gasteiger partial charge in [0.2, 0.25) is 5.88 Å². The molecule has 2 heterocycles. The molecule has 2 aromatic rings. The normalized spacial score (nSPS) is 12.1. The van der Waals surface area contributed by atoms with Crippen LogP contribution in [0.2, 0.25) is 0 Å². The van der Waals surface area contributed by atoms with E-state index in [4.69, 9.17) is 9.15 Å². The van der Waals surface area contributed by atoms with Gasteiger partial charge in [-0.2, -0.15) is 4.98 Å². The second-order valence-corrected chi connectivity index (χ2v) is 4.23. The van der Waals surface area contributed by atoms with E-state index in [2.05, 4.69) is 17.2 Å². The van der Waals surface area contributed by atoms with Crippen molar-refractivity contribution in [2.75, 3.05) is 12.4 Å². The van der Waals surface area contributed by atoms with Crippen LogP contribution in [-0.2, 0) is 6.42 Å². The van der Waals surface area contributed by atoms with E-state index in [0.717, 1.165) is 24.4 Å². The summed E-state index contributed by atoms with van der Waals surface area (Å²) >= 11 is 0. The Morgan fingerprint density at radius 1 is 1.33 bits per heavy atom. The highest BCUT2D eigenvalue weighted by Gasteiger charge is 2.05. The van der Waals surface area contributed by atoms with Gasteiger partial charge in [0, 0.05) is 18.5 Å². The summed E-state index contributed by atoms with van der Waals surface area (Å²) < 4.78 is 10.4. The van der Waals surface area contributed by atoms with E-state index in [1.54, 1.807) is 13.4 Å². The van der Waals surface area contributed by atoms with Gasteiger partial charge in [-0.3, -0.25) is 0 Å². The lowest BCUT2D eigenvalue weighted by atomic mass is 10.1. The van der Waals surface area contributed by atoms with Crippen LogP contribution in [0.5, 0.6) is 5.88 Å². The number of hydrogen-bond donors (Lipinski definition) is 1. The van der Waals surface area contributed by atoms with Crippen LogP contribution in [0.4, 0.5) is 5.82 Å². The average molecular weight is 246 g/mol. The first kappa shape index (κ1) is 12.5. The SMILES string of the molecule is COc1cccc(NC(C)CCc2ccco2)n1. The second-order valence-electron chi connectivity index (χ2n) is 4.23. The van der Waals surface area contributed by atoms with Crippen LogP contribution in [-0.4, -0.2) is 18.1 Å². The molecule has 18 heavy (non-hydrogen) atoms. The molecule has 1 N–H and O–H groups in total. The molecule has 0 saturated heterocycles. The fraction of sp³-hybridized carbons (Fsp3) is 0.357. The summed E-state index contributed by atoms with van der Waals surface area (Å²) in [6, 6.07) is 9.93. The first-order valence-corrected chi connectivity index (χ1v) is 6.08. The molecule has 0 aliphatic heterocycles. The van der Waals surface area contributed by atoms with Crippen LogP contribution in [0, 0.1) is 0 Å². The van der Waals surface area contributed by atoms with E-state index < -0.39 is 0 Å². The number of nitrogens with one attached hydrogen (secondary N) is 1. The van der Waals surface area contributed by atoms with Crippen molar-refractivity contribution in [1.29, 1.82) is 0 Å². The highest BCUT2D eigenvalue weighted by atomic mass is 16.5. The summed E-state index contributed by atoms with van der Waals surface area (Å²) in [5, 5.41) is 3.35. The summed E-state index contributed by atoms with van der Waals surface area (Å²) in [6.45, 7) is 2.13. The molecule has 1 atom stereocenters. The molecule has 0 radical (unpaired) electrons. The van der Waals surface area contributed by atoms with Crippen molar-refractivity contribution in [1.82, 2.24) is 4.98 Å². The molecule has 0 aliphatic rings. The van der Waals surface area contributed by atoms with Gasteiger partial charge in [-0.25, -0.2) is 0 Å². The van der Waals surface area contributed by atoms with Gasteiger partial charge in [-0.05, 0) is 31.5 Å². The molecule has 4 nitrogen and oxygen atoms in total. The number of furan rings is 1. The third-order valence-corrected chi connectivity index (χ3v) is 2.73. The number of anilines is 1. The monoisotopic (exact) mass is 246 g/mol. The molecule has 2 rings (SSSR count). The Morgan fingerprint density at radius 2 is 2.22 bits per heavy atom. The Balaban J connectivity index is 1.84. The molecule has 0 aliphatic carbocycles. The van der Waals surface area contributed by atoms with Gasteiger partial charge >= 0.3 is 0 Å². The Kier molecular flexibility index (Phi) is 4.23. The van der Waals surface area contributed by atoms with Crippen molar-refractivity contribution in [3.63, 3.8) is 0 Å². The van der Waals surface area contributed by atoms with Crippen LogP contribution in [0.15, 0.2) is 41.0 Å². The zero-order chi connectivity index (χ0) is 12.8. The average Bonchev–Trinajstić information content (AvgIpc) is 2.90. The lowest BCUT2D eigenvalue weighted by Gasteiger charge is -2.14. The molecule has 0 amide bonds. The lowest BCUT2D eigenvalue weighted by molar-refractivity contribution is 0.398. The van der Waals surface area contributed by atoms with E-state index in [9.17, 15) is 0 Å². The van der Waals surface area contributed by atoms with Gasteiger partial charge in [0.05, 0.1) is 13.4 Å². The van der Waals surface area contributed by atoms with Crippen molar-refractivity contribution in [3.05, 3.63) is 42.4 Å². The maximum Gasteiger partial charge on any atom is 0.214 e. The van der Waals surface area contributed by atoms with Gasteiger partial charge in [0.1, 0.15) is 11.6 Å². The standard InChI is InChI=1S/C14H18N2O2/c1-11(8-9-12-5-4-10-18-12)15-13-6-3-7-14(16-13)17-2/h3-7,10-11H,8-9H2,1-2H3,(H,15,16). The largest absolute Gasteiger partial charge is 0.481 e. The summed E-state index contributed by atoms with van der Waals surface area (Å²) in [5.74, 6) is 2.47. The van der Waals surface area contributed by atoms with Crippen LogP contribution >= 0.6 is 0 Å². The molecular formula is C14H18N2O2. The van der Waals surface area contributed by atoms with Crippen molar-refractivity contribution >= 4 is 5.82 Å². The van der Waals surface area contributed by atoms with Crippen molar-refractivity contribution in [3.8, 4) is 5.88 Å². The zero-order valence-corrected chi connectivity index (χ0v) is 10.7. The molecule has 0 fully saturated rings. The van der Waals surface area contributed by atoms with E-state index in [1.807, 2.05) is 30.3 Å². The quantitative estimate of drug-likeness (QED) is 0.850. The topological polar surface area (TPSA) is 47.3 Å². The van der Waals surface area contributed by atoms with E-state index >= 15 is 0 Å². The first-order valence-electron chi connectivity index (χ1n) is 6.08. The van der Waals surface area contributed by atoms with Crippen molar-refractivity contribution in [2.45, 2.75) is 25.8 Å². The summed E-state index contributed by atoms with van der Waals surface area (Å²) in [6.07, 6.45) is 3.62. The van der Waals surface area contributed by atoms with Crippen molar-refractivity contribution < 1.29 is 9.15 Å². The van der Waals surface area contributed by atoms with Crippen LogP contribution in [0.3, 0.4) is 0 Å². The van der Waals surface area contributed by atoms with Gasteiger partial charge in [-0.1, -0.05) is 6.07 Å². The minimum absolute atomic E-state index is 0.328. The van der Waals surface area contributed by atoms with Crippen molar-refractivity contribution in [2.24, 2.45) is 0 Å². The fourth-order valence-corrected chi connectivity index (χ4v) is 1.75. The minimum Gasteiger partial charge on any atom is -0.481 e. The summed E-state index contributed by atoms with van der Waals surface area (Å²) in [4.78, 5) is 4.32. The molecule has 0 spiro atoms. The third-order valence-electron chi connectivity index (χ3n) is 2.73. The lowest BCUT2D eigenvalue weighted by Crippen LogP contribution is -2.16. The predicted molar refractivity (Wildman–Crippen MR) is 70.9 cm³/mol. The molecule has 1 unspecified atom stereocenters. The maximum atomic E-state index is 5.31. The second kappa shape index (κ2) is 6.10. The predicted octanol–water partition coefficient (Wildman–Crippen LogP) is 3.12. The third kappa shape index (κ3) is 3.52. The molecule has 96 valence electrons. The van der Waals surface area contributed by atoms with E-state index in [1.165, 1.54) is 0 Å². The minimum atomic E-state index is 0.328. The Labute approximate surface area is 107 Å². The smallest absolute Gasteiger partial charge is 0.214 e. The number of pyridine rings is 1. The number of rotatable bonds is 6. The highest BCUT2D eigenvalue weighted by molar-refractivity contribution is 5.37. The Hall–Kier alpha value is -1.97. The maximum absolute atomic E-state index is 5.31. The number of aromatic nitrogens is 1. The summed E-state index contributed by atoms with van der Waals surface area (Å²) in [7, 11) is 1.62.